The molecular formula is C21H28N2O3S. The Morgan fingerprint density at radius 1 is 0.963 bits per heavy atom. The molecule has 0 aliphatic heterocycles. The lowest BCUT2D eigenvalue weighted by atomic mass is 10.0. The summed E-state index contributed by atoms with van der Waals surface area (Å²) in [6.45, 7) is 9.77. The quantitative estimate of drug-likeness (QED) is 0.754. The summed E-state index contributed by atoms with van der Waals surface area (Å²) in [6, 6.07) is 11.4. The van der Waals surface area contributed by atoms with Crippen molar-refractivity contribution in [2.75, 3.05) is 5.32 Å². The summed E-state index contributed by atoms with van der Waals surface area (Å²) < 4.78 is 28.0. The maximum Gasteiger partial charge on any atom is 0.242 e. The Hall–Kier alpha value is -2.18. The van der Waals surface area contributed by atoms with E-state index in [1.807, 2.05) is 52.8 Å². The Morgan fingerprint density at radius 2 is 1.59 bits per heavy atom. The molecule has 0 aliphatic carbocycles. The zero-order chi connectivity index (χ0) is 20.2. The fourth-order valence-electron chi connectivity index (χ4n) is 2.70. The molecule has 1 atom stereocenters. The number of carbonyl (C=O) groups is 1. The Balaban J connectivity index is 2.21. The Kier molecular flexibility index (Phi) is 6.78. The average molecular weight is 389 g/mol. The molecule has 0 saturated carbocycles. The molecule has 0 fully saturated rings. The number of hydrogen-bond donors (Lipinski definition) is 2. The summed E-state index contributed by atoms with van der Waals surface area (Å²) in [6.07, 6.45) is 0.405. The van der Waals surface area contributed by atoms with Crippen LogP contribution in [0.2, 0.25) is 0 Å². The van der Waals surface area contributed by atoms with E-state index in [1.54, 1.807) is 24.3 Å². The zero-order valence-electron chi connectivity index (χ0n) is 16.5. The van der Waals surface area contributed by atoms with E-state index in [2.05, 4.69) is 10.0 Å². The van der Waals surface area contributed by atoms with E-state index in [-0.39, 0.29) is 16.7 Å². The van der Waals surface area contributed by atoms with Gasteiger partial charge in [0, 0.05) is 5.69 Å². The lowest BCUT2D eigenvalue weighted by Crippen LogP contribution is -2.44. The molecule has 0 aliphatic rings. The summed E-state index contributed by atoms with van der Waals surface area (Å²) in [4.78, 5) is 12.9. The second kappa shape index (κ2) is 8.67. The highest BCUT2D eigenvalue weighted by Crippen LogP contribution is 2.17. The molecule has 146 valence electrons. The van der Waals surface area contributed by atoms with E-state index in [9.17, 15) is 13.2 Å². The molecule has 0 saturated heterocycles. The molecule has 0 aromatic heterocycles. The number of nitrogens with one attached hydrogen (secondary N) is 2. The summed E-state index contributed by atoms with van der Waals surface area (Å²) in [5, 5.41) is 2.83. The maximum absolute atomic E-state index is 12.8. The summed E-state index contributed by atoms with van der Waals surface area (Å²) >= 11 is 0. The topological polar surface area (TPSA) is 75.3 Å². The lowest BCUT2D eigenvalue weighted by molar-refractivity contribution is -0.118. The van der Waals surface area contributed by atoms with Gasteiger partial charge in [-0.25, -0.2) is 8.42 Å². The number of anilines is 1. The first-order valence-corrected chi connectivity index (χ1v) is 10.5. The number of amides is 1. The van der Waals surface area contributed by atoms with Crippen LogP contribution in [0.4, 0.5) is 5.69 Å². The van der Waals surface area contributed by atoms with E-state index in [4.69, 9.17) is 0 Å². The van der Waals surface area contributed by atoms with Crippen LogP contribution in [0.1, 0.15) is 37.0 Å². The maximum atomic E-state index is 12.8. The van der Waals surface area contributed by atoms with Crippen molar-refractivity contribution in [1.82, 2.24) is 4.72 Å². The van der Waals surface area contributed by atoms with Crippen LogP contribution in [0, 0.1) is 26.7 Å². The van der Waals surface area contributed by atoms with Crippen molar-refractivity contribution in [2.45, 2.75) is 52.0 Å². The second-order valence-electron chi connectivity index (χ2n) is 7.40. The molecule has 2 aromatic carbocycles. The van der Waals surface area contributed by atoms with Gasteiger partial charge in [0.15, 0.2) is 0 Å². The van der Waals surface area contributed by atoms with E-state index < -0.39 is 16.1 Å². The first kappa shape index (κ1) is 21.1. The summed E-state index contributed by atoms with van der Waals surface area (Å²) in [5.41, 5.74) is 3.83. The highest BCUT2D eigenvalue weighted by Gasteiger charge is 2.26. The van der Waals surface area contributed by atoms with E-state index >= 15 is 0 Å². The SMILES string of the molecule is Cc1ccc(S(=O)(=O)NC(CC(C)C)C(=O)Nc2ccc(C)c(C)c2)cc1. The van der Waals surface area contributed by atoms with Gasteiger partial charge in [0.05, 0.1) is 4.90 Å². The number of benzene rings is 2. The molecule has 0 radical (unpaired) electrons. The molecule has 2 rings (SSSR count). The Bertz CT molecular complexity index is 904. The molecular weight excluding hydrogens is 360 g/mol. The van der Waals surface area contributed by atoms with Gasteiger partial charge in [0.25, 0.3) is 0 Å². The van der Waals surface area contributed by atoms with Crippen LogP contribution in [0.15, 0.2) is 47.4 Å². The highest BCUT2D eigenvalue weighted by atomic mass is 32.2. The third kappa shape index (κ3) is 5.91. The minimum Gasteiger partial charge on any atom is -0.325 e. The standard InChI is InChI=1S/C21H28N2O3S/c1-14(2)12-20(21(24)22-18-9-8-16(4)17(5)13-18)23-27(25,26)19-10-6-15(3)7-11-19/h6-11,13-14,20,23H,12H2,1-5H3,(H,22,24). The Labute approximate surface area is 162 Å². The second-order valence-corrected chi connectivity index (χ2v) is 9.12. The van der Waals surface area contributed by atoms with Gasteiger partial charge in [0.1, 0.15) is 6.04 Å². The Morgan fingerprint density at radius 3 is 2.15 bits per heavy atom. The predicted molar refractivity (Wildman–Crippen MR) is 109 cm³/mol. The minimum atomic E-state index is -3.78. The van der Waals surface area contributed by atoms with Crippen LogP contribution >= 0.6 is 0 Å². The molecule has 0 bridgehead atoms. The molecule has 2 aromatic rings. The fourth-order valence-corrected chi connectivity index (χ4v) is 3.91. The van der Waals surface area contributed by atoms with Crippen LogP contribution in [-0.2, 0) is 14.8 Å². The van der Waals surface area contributed by atoms with Crippen molar-refractivity contribution in [2.24, 2.45) is 5.92 Å². The summed E-state index contributed by atoms with van der Waals surface area (Å²) in [7, 11) is -3.78. The molecule has 1 unspecified atom stereocenters. The lowest BCUT2D eigenvalue weighted by Gasteiger charge is -2.20. The molecule has 0 heterocycles. The molecule has 27 heavy (non-hydrogen) atoms. The highest BCUT2D eigenvalue weighted by molar-refractivity contribution is 7.89. The number of hydrogen-bond acceptors (Lipinski definition) is 3. The van der Waals surface area contributed by atoms with Crippen LogP contribution in [0.5, 0.6) is 0 Å². The number of sulfonamides is 1. The zero-order valence-corrected chi connectivity index (χ0v) is 17.4. The van der Waals surface area contributed by atoms with E-state index in [0.717, 1.165) is 16.7 Å². The molecule has 5 nitrogen and oxygen atoms in total. The van der Waals surface area contributed by atoms with Crippen molar-refractivity contribution in [3.05, 3.63) is 59.2 Å². The van der Waals surface area contributed by atoms with Crippen molar-refractivity contribution >= 4 is 21.6 Å². The van der Waals surface area contributed by atoms with Gasteiger partial charge in [0.2, 0.25) is 15.9 Å². The van der Waals surface area contributed by atoms with Crippen molar-refractivity contribution in [1.29, 1.82) is 0 Å². The van der Waals surface area contributed by atoms with E-state index in [0.29, 0.717) is 12.1 Å². The summed E-state index contributed by atoms with van der Waals surface area (Å²) in [5.74, 6) is -0.205. The predicted octanol–water partition coefficient (Wildman–Crippen LogP) is 3.94. The number of rotatable bonds is 7. The van der Waals surface area contributed by atoms with Gasteiger partial charge in [-0.3, -0.25) is 4.79 Å². The smallest absolute Gasteiger partial charge is 0.242 e. The van der Waals surface area contributed by atoms with Crippen molar-refractivity contribution < 1.29 is 13.2 Å². The van der Waals surface area contributed by atoms with Gasteiger partial charge in [-0.05, 0) is 68.5 Å². The van der Waals surface area contributed by atoms with Crippen molar-refractivity contribution in [3.8, 4) is 0 Å². The first-order chi connectivity index (χ1) is 12.6. The third-order valence-corrected chi connectivity index (χ3v) is 5.91. The fraction of sp³-hybridized carbons (Fsp3) is 0.381. The van der Waals surface area contributed by atoms with Crippen molar-refractivity contribution in [3.63, 3.8) is 0 Å². The van der Waals surface area contributed by atoms with Crippen LogP contribution in [0.25, 0.3) is 0 Å². The van der Waals surface area contributed by atoms with Gasteiger partial charge in [-0.1, -0.05) is 37.6 Å². The average Bonchev–Trinajstić information content (AvgIpc) is 2.57. The van der Waals surface area contributed by atoms with Crippen LogP contribution in [0.3, 0.4) is 0 Å². The molecule has 6 heteroatoms. The van der Waals surface area contributed by atoms with E-state index in [1.165, 1.54) is 0 Å². The number of aryl methyl sites for hydroxylation is 3. The van der Waals surface area contributed by atoms with Gasteiger partial charge < -0.3 is 5.32 Å². The van der Waals surface area contributed by atoms with Gasteiger partial charge in [-0.2, -0.15) is 4.72 Å². The molecule has 0 spiro atoms. The van der Waals surface area contributed by atoms with Crippen LogP contribution in [-0.4, -0.2) is 20.4 Å². The largest absolute Gasteiger partial charge is 0.325 e. The normalized spacial score (nSPS) is 12.8. The van der Waals surface area contributed by atoms with Gasteiger partial charge in [-0.15, -0.1) is 0 Å². The monoisotopic (exact) mass is 388 g/mol. The minimum absolute atomic E-state index is 0.154. The first-order valence-electron chi connectivity index (χ1n) is 9.05. The molecule has 1 amide bonds. The molecule has 2 N–H and O–H groups in total. The van der Waals surface area contributed by atoms with Gasteiger partial charge >= 0.3 is 0 Å². The third-order valence-electron chi connectivity index (χ3n) is 4.43. The number of carbonyl (C=O) groups excluding carboxylic acids is 1. The van der Waals surface area contributed by atoms with Crippen LogP contribution < -0.4 is 10.0 Å².